The Morgan fingerprint density at radius 2 is 1.86 bits per heavy atom. The molecule has 0 aromatic heterocycles. The Morgan fingerprint density at radius 1 is 1.18 bits per heavy atom. The predicted octanol–water partition coefficient (Wildman–Crippen LogP) is 0.471. The lowest BCUT2D eigenvalue weighted by atomic mass is 9.81. The lowest BCUT2D eigenvalue weighted by Crippen LogP contribution is -2.61. The first-order valence-corrected chi connectivity index (χ1v) is 9.76. The molecule has 1 aromatic carbocycles. The second-order valence-electron chi connectivity index (χ2n) is 8.12. The Bertz CT molecular complexity index is 791. The molecule has 148 valence electrons. The Balaban J connectivity index is 1.38. The first-order chi connectivity index (χ1) is 13.5. The summed E-state index contributed by atoms with van der Waals surface area (Å²) >= 11 is 0. The van der Waals surface area contributed by atoms with Gasteiger partial charge in [-0.05, 0) is 48.9 Å². The van der Waals surface area contributed by atoms with E-state index in [1.165, 1.54) is 0 Å². The quantitative estimate of drug-likeness (QED) is 0.517. The summed E-state index contributed by atoms with van der Waals surface area (Å²) in [5.41, 5.74) is 3.54. The number of piperidine rings is 1. The molecule has 8 nitrogen and oxygen atoms in total. The molecule has 2 heterocycles. The van der Waals surface area contributed by atoms with Crippen molar-refractivity contribution in [3.63, 3.8) is 0 Å². The van der Waals surface area contributed by atoms with Gasteiger partial charge in [0.2, 0.25) is 11.8 Å². The summed E-state index contributed by atoms with van der Waals surface area (Å²) in [4.78, 5) is 29.3. The zero-order chi connectivity index (χ0) is 19.7. The van der Waals surface area contributed by atoms with Gasteiger partial charge in [0.1, 0.15) is 0 Å². The summed E-state index contributed by atoms with van der Waals surface area (Å²) in [5.74, 6) is -1.08. The van der Waals surface area contributed by atoms with Gasteiger partial charge in [-0.3, -0.25) is 14.8 Å². The molecule has 2 saturated heterocycles. The van der Waals surface area contributed by atoms with Gasteiger partial charge in [-0.15, -0.1) is 0 Å². The number of hydrogen-bond donors (Lipinski definition) is 3. The number of nitrogens with one attached hydrogen (secondary N) is 2. The van der Waals surface area contributed by atoms with Crippen LogP contribution in [0.4, 0.5) is 5.69 Å². The molecule has 0 bridgehead atoms. The van der Waals surface area contributed by atoms with Crippen LogP contribution >= 0.6 is 0 Å². The lowest BCUT2D eigenvalue weighted by Gasteiger charge is -2.41. The fraction of sp³-hybridized carbons (Fsp3) is 0.550. The minimum Gasteiger partial charge on any atom is -0.368 e. The maximum atomic E-state index is 13.1. The van der Waals surface area contributed by atoms with Crippen molar-refractivity contribution in [2.24, 2.45) is 11.3 Å². The largest absolute Gasteiger partial charge is 0.368 e. The summed E-state index contributed by atoms with van der Waals surface area (Å²) in [7, 11) is 0. The van der Waals surface area contributed by atoms with Crippen LogP contribution in [0.5, 0.6) is 0 Å². The van der Waals surface area contributed by atoms with Crippen LogP contribution in [-0.4, -0.2) is 60.7 Å². The fourth-order valence-electron chi connectivity index (χ4n) is 4.40. The zero-order valence-electron chi connectivity index (χ0n) is 15.7. The third-order valence-corrected chi connectivity index (χ3v) is 6.38. The molecule has 1 saturated carbocycles. The minimum atomic E-state index is -0.583. The van der Waals surface area contributed by atoms with E-state index in [0.717, 1.165) is 25.1 Å². The van der Waals surface area contributed by atoms with Crippen molar-refractivity contribution in [1.82, 2.24) is 15.7 Å². The van der Waals surface area contributed by atoms with Crippen molar-refractivity contribution in [3.05, 3.63) is 29.8 Å². The van der Waals surface area contributed by atoms with Crippen molar-refractivity contribution in [1.29, 1.82) is 5.26 Å². The molecule has 3 fully saturated rings. The highest BCUT2D eigenvalue weighted by Gasteiger charge is 2.52. The molecule has 2 atom stereocenters. The van der Waals surface area contributed by atoms with E-state index >= 15 is 0 Å². The number of piperazine rings is 1. The van der Waals surface area contributed by atoms with E-state index < -0.39 is 17.9 Å². The topological polar surface area (TPSA) is 109 Å². The summed E-state index contributed by atoms with van der Waals surface area (Å²) in [6.45, 7) is 3.31. The first kappa shape index (κ1) is 18.7. The maximum absolute atomic E-state index is 13.1. The standard InChI is InChI=1S/C20H25N5O3/c21-12-14-1-3-15(4-2-14)24-7-9-25(10-8-24)19(27)17-16(18(26)23-28)11-20(5-6-20)13-22-17/h1-4,16-17,22,28H,5-11,13H2,(H,23,26)/t16-,17-/m0/s1. The summed E-state index contributed by atoms with van der Waals surface area (Å²) < 4.78 is 0. The number of hydroxylamine groups is 1. The number of hydrogen-bond acceptors (Lipinski definition) is 6. The van der Waals surface area contributed by atoms with Gasteiger partial charge < -0.3 is 15.1 Å². The second-order valence-corrected chi connectivity index (χ2v) is 8.12. The molecule has 8 heteroatoms. The van der Waals surface area contributed by atoms with Crippen molar-refractivity contribution in [3.8, 4) is 6.07 Å². The number of amides is 2. The van der Waals surface area contributed by atoms with Crippen molar-refractivity contribution >= 4 is 17.5 Å². The summed E-state index contributed by atoms with van der Waals surface area (Å²) in [6.07, 6.45) is 2.78. The number of anilines is 1. The maximum Gasteiger partial charge on any atom is 0.248 e. The Hall–Kier alpha value is -2.63. The SMILES string of the molecule is N#Cc1ccc(N2CCN(C(=O)[C@H]3NCC4(CC4)C[C@@H]3C(=O)NO)CC2)cc1. The minimum absolute atomic E-state index is 0.0661. The van der Waals surface area contributed by atoms with E-state index in [0.29, 0.717) is 38.2 Å². The van der Waals surface area contributed by atoms with Crippen LogP contribution in [0.3, 0.4) is 0 Å². The highest BCUT2D eigenvalue weighted by atomic mass is 16.5. The number of benzene rings is 1. The summed E-state index contributed by atoms with van der Waals surface area (Å²) in [5, 5.41) is 21.3. The van der Waals surface area contributed by atoms with E-state index in [-0.39, 0.29) is 11.3 Å². The molecule has 1 aromatic rings. The Morgan fingerprint density at radius 3 is 2.43 bits per heavy atom. The molecule has 0 unspecified atom stereocenters. The van der Waals surface area contributed by atoms with Gasteiger partial charge in [-0.1, -0.05) is 0 Å². The second kappa shape index (κ2) is 7.41. The Kier molecular flexibility index (Phi) is 4.96. The zero-order valence-corrected chi connectivity index (χ0v) is 15.7. The van der Waals surface area contributed by atoms with Gasteiger partial charge in [0.25, 0.3) is 0 Å². The highest BCUT2D eigenvalue weighted by molar-refractivity contribution is 5.90. The van der Waals surface area contributed by atoms with E-state index in [1.807, 2.05) is 12.1 Å². The Labute approximate surface area is 164 Å². The van der Waals surface area contributed by atoms with Gasteiger partial charge in [-0.2, -0.15) is 5.26 Å². The fourth-order valence-corrected chi connectivity index (χ4v) is 4.40. The number of carbonyl (C=O) groups is 2. The van der Waals surface area contributed by atoms with Crippen LogP contribution in [0.15, 0.2) is 24.3 Å². The van der Waals surface area contributed by atoms with Crippen molar-refractivity contribution in [2.45, 2.75) is 25.3 Å². The lowest BCUT2D eigenvalue weighted by molar-refractivity contribution is -0.145. The third-order valence-electron chi connectivity index (χ3n) is 6.38. The molecule has 2 amide bonds. The van der Waals surface area contributed by atoms with Gasteiger partial charge >= 0.3 is 0 Å². The molecular formula is C20H25N5O3. The van der Waals surface area contributed by atoms with Crippen LogP contribution < -0.4 is 15.7 Å². The van der Waals surface area contributed by atoms with E-state index in [1.54, 1.807) is 22.5 Å². The average molecular weight is 383 g/mol. The van der Waals surface area contributed by atoms with Crippen LogP contribution in [0.25, 0.3) is 0 Å². The average Bonchev–Trinajstić information content (AvgIpc) is 3.51. The van der Waals surface area contributed by atoms with Gasteiger partial charge in [0.15, 0.2) is 0 Å². The van der Waals surface area contributed by atoms with Crippen molar-refractivity contribution < 1.29 is 14.8 Å². The molecule has 3 aliphatic rings. The number of nitriles is 1. The molecule has 28 heavy (non-hydrogen) atoms. The number of carbonyl (C=O) groups excluding carboxylic acids is 2. The molecule has 2 aliphatic heterocycles. The normalized spacial score (nSPS) is 25.9. The first-order valence-electron chi connectivity index (χ1n) is 9.76. The van der Waals surface area contributed by atoms with Crippen LogP contribution in [0, 0.1) is 22.7 Å². The van der Waals surface area contributed by atoms with Crippen LogP contribution in [0.2, 0.25) is 0 Å². The van der Waals surface area contributed by atoms with E-state index in [4.69, 9.17) is 10.5 Å². The van der Waals surface area contributed by atoms with Gasteiger partial charge in [-0.25, -0.2) is 5.48 Å². The van der Waals surface area contributed by atoms with Gasteiger partial charge in [0.05, 0.1) is 23.6 Å². The van der Waals surface area contributed by atoms with Crippen LogP contribution in [-0.2, 0) is 9.59 Å². The van der Waals surface area contributed by atoms with Gasteiger partial charge in [0, 0.05) is 38.4 Å². The third kappa shape index (κ3) is 3.55. The molecule has 0 radical (unpaired) electrons. The molecular weight excluding hydrogens is 358 g/mol. The molecule has 1 spiro atoms. The van der Waals surface area contributed by atoms with Crippen molar-refractivity contribution in [2.75, 3.05) is 37.6 Å². The highest BCUT2D eigenvalue weighted by Crippen LogP contribution is 2.52. The smallest absolute Gasteiger partial charge is 0.248 e. The number of nitrogens with zero attached hydrogens (tertiary/aromatic N) is 3. The summed E-state index contributed by atoms with van der Waals surface area (Å²) in [6, 6.07) is 8.98. The predicted molar refractivity (Wildman–Crippen MR) is 101 cm³/mol. The molecule has 1 aliphatic carbocycles. The van der Waals surface area contributed by atoms with E-state index in [2.05, 4.69) is 16.3 Å². The van der Waals surface area contributed by atoms with Crippen LogP contribution in [0.1, 0.15) is 24.8 Å². The van der Waals surface area contributed by atoms with E-state index in [9.17, 15) is 9.59 Å². The number of rotatable bonds is 3. The molecule has 3 N–H and O–H groups in total. The molecule has 4 rings (SSSR count). The monoisotopic (exact) mass is 383 g/mol.